The number of alkyl halides is 6. The van der Waals surface area contributed by atoms with Crippen LogP contribution in [0.25, 0.3) is 0 Å². The van der Waals surface area contributed by atoms with Gasteiger partial charge in [-0.2, -0.15) is 31.4 Å². The molecule has 3 rings (SSSR count). The molecule has 1 aliphatic rings. The number of allylic oxidation sites excluding steroid dienone is 3. The Balaban J connectivity index is 2.17. The van der Waals surface area contributed by atoms with Crippen molar-refractivity contribution in [3.05, 3.63) is 63.4 Å². The minimum Gasteiger partial charge on any atom is -0.254 e. The van der Waals surface area contributed by atoms with Crippen LogP contribution >= 0.6 is 35.0 Å². The second-order valence-corrected chi connectivity index (χ2v) is 7.95. The quantitative estimate of drug-likeness (QED) is 0.528. The molecule has 1 aromatic heterocycles. The van der Waals surface area contributed by atoms with Crippen LogP contribution in [0.2, 0.25) is 10.0 Å². The minimum atomic E-state index is -4.71. The van der Waals surface area contributed by atoms with Gasteiger partial charge in [-0.05, 0) is 12.1 Å². The molecule has 0 bridgehead atoms. The van der Waals surface area contributed by atoms with Crippen LogP contribution in [-0.2, 0) is 10.9 Å². The highest BCUT2D eigenvalue weighted by molar-refractivity contribution is 8.00. The fraction of sp³-hybridized carbons (Fsp3) is 0.250. The van der Waals surface area contributed by atoms with Crippen molar-refractivity contribution < 1.29 is 26.3 Å². The van der Waals surface area contributed by atoms with E-state index in [-0.39, 0.29) is 10.7 Å². The number of aromatic nitrogens is 3. The molecule has 0 fully saturated rings. The number of H-pyrrole nitrogens is 1. The highest BCUT2D eigenvalue weighted by Gasteiger charge is 2.45. The van der Waals surface area contributed by atoms with Crippen molar-refractivity contribution in [3.8, 4) is 0 Å². The first-order valence-corrected chi connectivity index (χ1v) is 9.06. The first-order chi connectivity index (χ1) is 12.9. The predicted molar refractivity (Wildman–Crippen MR) is 93.3 cm³/mol. The van der Waals surface area contributed by atoms with Gasteiger partial charge in [-0.3, -0.25) is 5.10 Å². The molecule has 0 saturated heterocycles. The third-order valence-electron chi connectivity index (χ3n) is 3.94. The van der Waals surface area contributed by atoms with Gasteiger partial charge in [0.25, 0.3) is 0 Å². The summed E-state index contributed by atoms with van der Waals surface area (Å²) in [6, 6.07) is 1.29. The lowest BCUT2D eigenvalue weighted by Gasteiger charge is -2.35. The number of hydrogen-bond acceptors (Lipinski definition) is 3. The fourth-order valence-corrected chi connectivity index (χ4v) is 4.94. The van der Waals surface area contributed by atoms with Crippen molar-refractivity contribution in [2.24, 2.45) is 0 Å². The van der Waals surface area contributed by atoms with Crippen molar-refractivity contribution >= 4 is 35.0 Å². The molecule has 150 valence electrons. The standard InChI is InChI=1S/C16H9Cl2F6N3S/c17-10-4-9(16(22,23)24)5-11(18)12(10)14(28-13-25-7-26-27-13)3-1-2-8(6-14)15(19,20)21/h1-5,7H,6H2,(H,25,26,27). The van der Waals surface area contributed by atoms with E-state index in [1.54, 1.807) is 0 Å². The van der Waals surface area contributed by atoms with E-state index in [2.05, 4.69) is 15.2 Å². The molecule has 0 saturated carbocycles. The van der Waals surface area contributed by atoms with E-state index in [4.69, 9.17) is 23.2 Å². The number of nitrogens with zero attached hydrogens (tertiary/aromatic N) is 2. The Labute approximate surface area is 168 Å². The van der Waals surface area contributed by atoms with E-state index < -0.39 is 44.7 Å². The van der Waals surface area contributed by atoms with Crippen molar-refractivity contribution in [3.63, 3.8) is 0 Å². The first kappa shape index (κ1) is 21.1. The Morgan fingerprint density at radius 1 is 1.04 bits per heavy atom. The van der Waals surface area contributed by atoms with Crippen LogP contribution in [0.15, 0.2) is 47.4 Å². The average Bonchev–Trinajstić information content (AvgIpc) is 3.05. The van der Waals surface area contributed by atoms with E-state index in [1.165, 1.54) is 12.2 Å². The molecule has 12 heteroatoms. The van der Waals surface area contributed by atoms with Gasteiger partial charge in [0.15, 0.2) is 5.16 Å². The van der Waals surface area contributed by atoms with Crippen LogP contribution in [0.4, 0.5) is 26.3 Å². The summed E-state index contributed by atoms with van der Waals surface area (Å²) in [6.45, 7) is 0. The highest BCUT2D eigenvalue weighted by atomic mass is 35.5. The lowest BCUT2D eigenvalue weighted by Crippen LogP contribution is -2.28. The average molecular weight is 460 g/mol. The molecule has 0 radical (unpaired) electrons. The summed E-state index contributed by atoms with van der Waals surface area (Å²) in [5, 5.41) is 5.49. The molecule has 1 atom stereocenters. The Bertz CT molecular complexity index is 914. The second-order valence-electron chi connectivity index (χ2n) is 5.82. The predicted octanol–water partition coefficient (Wildman–Crippen LogP) is 6.57. The molecule has 1 heterocycles. The Morgan fingerprint density at radius 2 is 1.68 bits per heavy atom. The maximum atomic E-state index is 13.3. The second kappa shape index (κ2) is 7.31. The van der Waals surface area contributed by atoms with Crippen molar-refractivity contribution in [1.29, 1.82) is 0 Å². The van der Waals surface area contributed by atoms with Gasteiger partial charge >= 0.3 is 12.4 Å². The number of hydrogen-bond donors (Lipinski definition) is 1. The smallest absolute Gasteiger partial charge is 0.254 e. The molecule has 0 spiro atoms. The fourth-order valence-electron chi connectivity index (χ4n) is 2.77. The third-order valence-corrected chi connectivity index (χ3v) is 5.78. The number of aromatic amines is 1. The normalized spacial score (nSPS) is 20.4. The summed E-state index contributed by atoms with van der Waals surface area (Å²) >= 11 is 13.0. The van der Waals surface area contributed by atoms with Crippen LogP contribution < -0.4 is 0 Å². The molecule has 1 aromatic carbocycles. The zero-order valence-electron chi connectivity index (χ0n) is 13.5. The molecular formula is C16H9Cl2F6N3S. The van der Waals surface area contributed by atoms with Crippen molar-refractivity contribution in [2.45, 2.75) is 28.7 Å². The maximum absolute atomic E-state index is 13.3. The molecule has 1 N–H and O–H groups in total. The number of halogens is 8. The van der Waals surface area contributed by atoms with Crippen LogP contribution in [0.3, 0.4) is 0 Å². The zero-order chi connectivity index (χ0) is 20.7. The monoisotopic (exact) mass is 459 g/mol. The highest BCUT2D eigenvalue weighted by Crippen LogP contribution is 2.54. The topological polar surface area (TPSA) is 41.6 Å². The van der Waals surface area contributed by atoms with E-state index in [9.17, 15) is 26.3 Å². The largest absolute Gasteiger partial charge is 0.416 e. The van der Waals surface area contributed by atoms with Gasteiger partial charge in [0.1, 0.15) is 6.33 Å². The van der Waals surface area contributed by atoms with E-state index in [0.717, 1.165) is 24.2 Å². The van der Waals surface area contributed by atoms with Crippen LogP contribution in [0, 0.1) is 0 Å². The number of thioether (sulfide) groups is 1. The first-order valence-electron chi connectivity index (χ1n) is 7.49. The molecule has 1 unspecified atom stereocenters. The van der Waals surface area contributed by atoms with E-state index >= 15 is 0 Å². The van der Waals surface area contributed by atoms with Crippen LogP contribution in [-0.4, -0.2) is 21.4 Å². The third kappa shape index (κ3) is 4.18. The Morgan fingerprint density at radius 3 is 2.18 bits per heavy atom. The summed E-state index contributed by atoms with van der Waals surface area (Å²) in [5.41, 5.74) is -2.05. The maximum Gasteiger partial charge on any atom is 0.416 e. The van der Waals surface area contributed by atoms with Crippen molar-refractivity contribution in [2.75, 3.05) is 0 Å². The molecule has 1 aliphatic carbocycles. The van der Waals surface area contributed by atoms with E-state index in [0.29, 0.717) is 12.1 Å². The lowest BCUT2D eigenvalue weighted by atomic mass is 9.86. The molecular weight excluding hydrogens is 451 g/mol. The summed E-state index contributed by atoms with van der Waals surface area (Å²) < 4.78 is 77.5. The summed E-state index contributed by atoms with van der Waals surface area (Å²) in [5.74, 6) is 0. The lowest BCUT2D eigenvalue weighted by molar-refractivity contribution is -0.137. The summed E-state index contributed by atoms with van der Waals surface area (Å²) in [4.78, 5) is 3.88. The molecule has 28 heavy (non-hydrogen) atoms. The minimum absolute atomic E-state index is 0.0728. The van der Waals surface area contributed by atoms with Gasteiger partial charge < -0.3 is 0 Å². The molecule has 0 aliphatic heterocycles. The van der Waals surface area contributed by atoms with Crippen molar-refractivity contribution in [1.82, 2.24) is 15.2 Å². The molecule has 2 aromatic rings. The van der Waals surface area contributed by atoms with Gasteiger partial charge in [-0.1, -0.05) is 53.2 Å². The zero-order valence-corrected chi connectivity index (χ0v) is 15.8. The number of benzene rings is 1. The Kier molecular flexibility index (Phi) is 5.50. The van der Waals surface area contributed by atoms with Gasteiger partial charge in [0.2, 0.25) is 0 Å². The SMILES string of the molecule is FC(F)(F)C1=CC=CC(Sc2ncn[nH]2)(c2c(Cl)cc(C(F)(F)F)cc2Cl)C1. The summed E-state index contributed by atoms with van der Waals surface area (Å²) in [6.07, 6.45) is -5.34. The van der Waals surface area contributed by atoms with Gasteiger partial charge in [0, 0.05) is 27.6 Å². The van der Waals surface area contributed by atoms with Gasteiger partial charge in [-0.25, -0.2) is 4.98 Å². The van der Waals surface area contributed by atoms with Crippen LogP contribution in [0.5, 0.6) is 0 Å². The number of rotatable bonds is 3. The molecule has 3 nitrogen and oxygen atoms in total. The van der Waals surface area contributed by atoms with Crippen LogP contribution in [0.1, 0.15) is 17.5 Å². The number of nitrogens with one attached hydrogen (secondary N) is 1. The summed E-state index contributed by atoms with van der Waals surface area (Å²) in [7, 11) is 0. The van der Waals surface area contributed by atoms with Gasteiger partial charge in [0.05, 0.1) is 10.3 Å². The van der Waals surface area contributed by atoms with Gasteiger partial charge in [-0.15, -0.1) is 0 Å². The van der Waals surface area contributed by atoms with E-state index in [1.807, 2.05) is 0 Å². The molecule has 0 amide bonds. The Hall–Kier alpha value is -1.65.